The Kier molecular flexibility index (Phi) is 10.1. The molecule has 0 radical (unpaired) electrons. The van der Waals surface area contributed by atoms with Gasteiger partial charge in [0.25, 0.3) is 0 Å². The maximum Gasteiger partial charge on any atom is 0.324 e. The molecule has 3 heteroatoms. The van der Waals surface area contributed by atoms with E-state index in [9.17, 15) is 4.79 Å². The monoisotopic (exact) mass is 234 g/mol. The number of unbranched alkanes of at least 4 members (excludes halogenated alkanes) is 4. The van der Waals surface area contributed by atoms with Gasteiger partial charge in [-0.25, -0.2) is 0 Å². The van der Waals surface area contributed by atoms with Crippen molar-refractivity contribution in [3.63, 3.8) is 0 Å². The number of halogens is 1. The fraction of sp³-hybridized carbons (Fsp3) is 0.917. The summed E-state index contributed by atoms with van der Waals surface area (Å²) in [6.07, 6.45) is 7.45. The minimum atomic E-state index is -0.453. The topological polar surface area (TPSA) is 26.3 Å². The highest BCUT2D eigenvalue weighted by molar-refractivity contribution is 6.29. The highest BCUT2D eigenvalue weighted by Crippen LogP contribution is 2.08. The minimum absolute atomic E-state index is 0.256. The molecule has 0 aromatic heterocycles. The molecule has 15 heavy (non-hydrogen) atoms. The van der Waals surface area contributed by atoms with E-state index in [1.165, 1.54) is 19.3 Å². The zero-order valence-electron chi connectivity index (χ0n) is 9.93. The van der Waals surface area contributed by atoms with Gasteiger partial charge < -0.3 is 4.74 Å². The zero-order valence-corrected chi connectivity index (χ0v) is 10.7. The van der Waals surface area contributed by atoms with Crippen molar-refractivity contribution >= 4 is 17.6 Å². The number of hydrogen-bond acceptors (Lipinski definition) is 2. The van der Waals surface area contributed by atoms with Crippen LogP contribution in [0.3, 0.4) is 0 Å². The lowest BCUT2D eigenvalue weighted by molar-refractivity contribution is -0.143. The summed E-state index contributed by atoms with van der Waals surface area (Å²) in [5.74, 6) is -0.256. The van der Waals surface area contributed by atoms with Crippen LogP contribution in [0.5, 0.6) is 0 Å². The van der Waals surface area contributed by atoms with Crippen molar-refractivity contribution in [3.8, 4) is 0 Å². The Labute approximate surface area is 98.3 Å². The van der Waals surface area contributed by atoms with Gasteiger partial charge >= 0.3 is 5.97 Å². The van der Waals surface area contributed by atoms with Gasteiger partial charge in [-0.1, -0.05) is 46.0 Å². The molecule has 0 saturated carbocycles. The predicted molar refractivity (Wildman–Crippen MR) is 64.3 cm³/mol. The van der Waals surface area contributed by atoms with Crippen LogP contribution in [0.25, 0.3) is 0 Å². The van der Waals surface area contributed by atoms with E-state index in [1.54, 1.807) is 0 Å². The third-order valence-corrected chi connectivity index (χ3v) is 2.69. The fourth-order valence-electron chi connectivity index (χ4n) is 1.34. The second-order valence-corrected chi connectivity index (χ2v) is 4.36. The Hall–Kier alpha value is -0.240. The van der Waals surface area contributed by atoms with Gasteiger partial charge in [0, 0.05) is 0 Å². The SMILES string of the molecule is CCCCCCCOC(=O)C(Cl)CCC. The molecule has 2 nitrogen and oxygen atoms in total. The van der Waals surface area contributed by atoms with Crippen LogP contribution in [-0.2, 0) is 9.53 Å². The largest absolute Gasteiger partial charge is 0.465 e. The van der Waals surface area contributed by atoms with E-state index in [-0.39, 0.29) is 5.97 Å². The van der Waals surface area contributed by atoms with Crippen molar-refractivity contribution in [1.82, 2.24) is 0 Å². The van der Waals surface area contributed by atoms with Gasteiger partial charge in [-0.05, 0) is 12.8 Å². The van der Waals surface area contributed by atoms with E-state index in [0.29, 0.717) is 13.0 Å². The second kappa shape index (κ2) is 10.3. The van der Waals surface area contributed by atoms with E-state index >= 15 is 0 Å². The smallest absolute Gasteiger partial charge is 0.324 e. The number of ether oxygens (including phenoxy) is 1. The molecule has 1 unspecified atom stereocenters. The molecule has 0 bridgehead atoms. The van der Waals surface area contributed by atoms with Crippen LogP contribution in [0.1, 0.15) is 58.8 Å². The van der Waals surface area contributed by atoms with Crippen molar-refractivity contribution in [2.75, 3.05) is 6.61 Å². The molecule has 0 aromatic rings. The summed E-state index contributed by atoms with van der Waals surface area (Å²) in [5.41, 5.74) is 0. The number of carbonyl (C=O) groups is 1. The van der Waals surface area contributed by atoms with Crippen molar-refractivity contribution in [3.05, 3.63) is 0 Å². The maximum atomic E-state index is 11.3. The normalized spacial score (nSPS) is 12.5. The predicted octanol–water partition coefficient (Wildman–Crippen LogP) is 3.91. The highest BCUT2D eigenvalue weighted by atomic mass is 35.5. The van der Waals surface area contributed by atoms with Gasteiger partial charge in [0.05, 0.1) is 6.61 Å². The third-order valence-electron chi connectivity index (χ3n) is 2.29. The summed E-state index contributed by atoms with van der Waals surface area (Å²) in [5, 5.41) is -0.453. The van der Waals surface area contributed by atoms with Crippen LogP contribution in [0.2, 0.25) is 0 Å². The lowest BCUT2D eigenvalue weighted by atomic mass is 10.2. The minimum Gasteiger partial charge on any atom is -0.465 e. The van der Waals surface area contributed by atoms with E-state index in [0.717, 1.165) is 19.3 Å². The van der Waals surface area contributed by atoms with Crippen LogP contribution in [0, 0.1) is 0 Å². The number of hydrogen-bond donors (Lipinski definition) is 0. The van der Waals surface area contributed by atoms with Crippen molar-refractivity contribution in [2.24, 2.45) is 0 Å². The molecule has 0 fully saturated rings. The third kappa shape index (κ3) is 8.73. The van der Waals surface area contributed by atoms with Crippen LogP contribution in [-0.4, -0.2) is 18.0 Å². The standard InChI is InChI=1S/C12H23ClO2/c1-3-5-6-7-8-10-15-12(14)11(13)9-4-2/h11H,3-10H2,1-2H3. The van der Waals surface area contributed by atoms with Crippen molar-refractivity contribution < 1.29 is 9.53 Å². The Morgan fingerprint density at radius 1 is 1.13 bits per heavy atom. The lowest BCUT2D eigenvalue weighted by Gasteiger charge is -2.08. The van der Waals surface area contributed by atoms with Crippen LogP contribution in [0.4, 0.5) is 0 Å². The lowest BCUT2D eigenvalue weighted by Crippen LogP contribution is -2.18. The first kappa shape index (κ1) is 14.8. The molecule has 0 aliphatic heterocycles. The number of alkyl halides is 1. The summed E-state index contributed by atoms with van der Waals surface area (Å²) in [6.45, 7) is 4.71. The summed E-state index contributed by atoms with van der Waals surface area (Å²) in [4.78, 5) is 11.3. The van der Waals surface area contributed by atoms with Crippen molar-refractivity contribution in [1.29, 1.82) is 0 Å². The average molecular weight is 235 g/mol. The second-order valence-electron chi connectivity index (χ2n) is 3.84. The molecule has 0 spiro atoms. The van der Waals surface area contributed by atoms with Crippen LogP contribution >= 0.6 is 11.6 Å². The van der Waals surface area contributed by atoms with E-state index < -0.39 is 5.38 Å². The van der Waals surface area contributed by atoms with E-state index in [4.69, 9.17) is 16.3 Å². The quantitative estimate of drug-likeness (QED) is 0.344. The Morgan fingerprint density at radius 3 is 2.40 bits per heavy atom. The molecule has 0 aliphatic carbocycles. The zero-order chi connectivity index (χ0) is 11.5. The molecule has 0 aromatic carbocycles. The summed E-state index contributed by atoms with van der Waals surface area (Å²) < 4.78 is 5.07. The molecule has 0 N–H and O–H groups in total. The van der Waals surface area contributed by atoms with Gasteiger partial charge in [0.1, 0.15) is 5.38 Å². The molecule has 0 rings (SSSR count). The Morgan fingerprint density at radius 2 is 1.80 bits per heavy atom. The fourth-order valence-corrected chi connectivity index (χ4v) is 1.62. The Balaban J connectivity index is 3.30. The van der Waals surface area contributed by atoms with Gasteiger partial charge in [0.2, 0.25) is 0 Å². The first-order valence-electron chi connectivity index (χ1n) is 6.03. The molecule has 1 atom stereocenters. The molecule has 0 amide bonds. The summed E-state index contributed by atoms with van der Waals surface area (Å²) >= 11 is 5.82. The number of esters is 1. The maximum absolute atomic E-state index is 11.3. The van der Waals surface area contributed by atoms with Gasteiger partial charge in [-0.2, -0.15) is 0 Å². The Bertz CT molecular complexity index is 160. The first-order valence-corrected chi connectivity index (χ1v) is 6.46. The summed E-state index contributed by atoms with van der Waals surface area (Å²) in [6, 6.07) is 0. The van der Waals surface area contributed by atoms with Crippen molar-refractivity contribution in [2.45, 2.75) is 64.2 Å². The molecular formula is C12H23ClO2. The van der Waals surface area contributed by atoms with Gasteiger partial charge in [-0.3, -0.25) is 4.79 Å². The number of carbonyl (C=O) groups excluding carboxylic acids is 1. The average Bonchev–Trinajstić information content (AvgIpc) is 2.23. The molecule has 0 heterocycles. The van der Waals surface area contributed by atoms with Gasteiger partial charge in [-0.15, -0.1) is 11.6 Å². The van der Waals surface area contributed by atoms with Crippen LogP contribution in [0.15, 0.2) is 0 Å². The number of rotatable bonds is 9. The van der Waals surface area contributed by atoms with E-state index in [2.05, 4.69) is 6.92 Å². The molecular weight excluding hydrogens is 212 g/mol. The van der Waals surface area contributed by atoms with Gasteiger partial charge in [0.15, 0.2) is 0 Å². The summed E-state index contributed by atoms with van der Waals surface area (Å²) in [7, 11) is 0. The highest BCUT2D eigenvalue weighted by Gasteiger charge is 2.14. The van der Waals surface area contributed by atoms with E-state index in [1.807, 2.05) is 6.92 Å². The molecule has 90 valence electrons. The van der Waals surface area contributed by atoms with Crippen LogP contribution < -0.4 is 0 Å². The molecule has 0 saturated heterocycles. The first-order chi connectivity index (χ1) is 7.22. The molecule has 0 aliphatic rings.